The molecule has 108 valence electrons. The monoisotopic (exact) mass is 319 g/mol. The second kappa shape index (κ2) is 5.24. The van der Waals surface area contributed by atoms with Crippen LogP contribution in [-0.2, 0) is 0 Å². The highest BCUT2D eigenvalue weighted by atomic mass is 35.5. The highest BCUT2D eigenvalue weighted by Gasteiger charge is 2.17. The molecule has 0 aliphatic heterocycles. The summed E-state index contributed by atoms with van der Waals surface area (Å²) in [4.78, 5) is 4.58. The SMILES string of the molecule is Cc1nc2cc(N)ccc2n1C(C)c1ccc(Cl)cc1Cl. The lowest BCUT2D eigenvalue weighted by molar-refractivity contribution is 0.637. The van der Waals surface area contributed by atoms with Gasteiger partial charge in [-0.1, -0.05) is 29.3 Å². The van der Waals surface area contributed by atoms with Crippen LogP contribution in [0.25, 0.3) is 11.0 Å². The summed E-state index contributed by atoms with van der Waals surface area (Å²) >= 11 is 12.3. The van der Waals surface area contributed by atoms with Crippen LogP contribution < -0.4 is 5.73 Å². The molecule has 2 N–H and O–H groups in total. The first-order chi connectivity index (χ1) is 9.97. The molecule has 21 heavy (non-hydrogen) atoms. The van der Waals surface area contributed by atoms with E-state index in [1.807, 2.05) is 37.3 Å². The Morgan fingerprint density at radius 2 is 1.90 bits per heavy atom. The minimum Gasteiger partial charge on any atom is -0.399 e. The largest absolute Gasteiger partial charge is 0.399 e. The van der Waals surface area contributed by atoms with E-state index < -0.39 is 0 Å². The third kappa shape index (κ3) is 2.47. The van der Waals surface area contributed by atoms with Crippen molar-refractivity contribution in [2.75, 3.05) is 5.73 Å². The summed E-state index contributed by atoms with van der Waals surface area (Å²) in [6.45, 7) is 4.08. The Hall–Kier alpha value is -1.71. The van der Waals surface area contributed by atoms with E-state index in [0.29, 0.717) is 15.7 Å². The van der Waals surface area contributed by atoms with Crippen molar-refractivity contribution in [2.24, 2.45) is 0 Å². The number of anilines is 1. The van der Waals surface area contributed by atoms with Crippen LogP contribution in [0.3, 0.4) is 0 Å². The van der Waals surface area contributed by atoms with Crippen LogP contribution in [0.4, 0.5) is 5.69 Å². The first-order valence-electron chi connectivity index (χ1n) is 6.66. The smallest absolute Gasteiger partial charge is 0.107 e. The maximum atomic E-state index is 6.33. The second-order valence-corrected chi connectivity index (χ2v) is 5.96. The molecule has 0 bridgehead atoms. The number of benzene rings is 2. The van der Waals surface area contributed by atoms with Crippen molar-refractivity contribution in [3.63, 3.8) is 0 Å². The van der Waals surface area contributed by atoms with Crippen molar-refractivity contribution in [2.45, 2.75) is 19.9 Å². The molecule has 5 heteroatoms. The number of aromatic nitrogens is 2. The molecule has 3 aromatic rings. The van der Waals surface area contributed by atoms with Gasteiger partial charge in [0.1, 0.15) is 5.82 Å². The standard InChI is InChI=1S/C16H15Cl2N3/c1-9(13-5-3-11(17)7-14(13)18)21-10(2)20-15-8-12(19)4-6-16(15)21/h3-9H,19H2,1-2H3. The zero-order chi connectivity index (χ0) is 15.1. The Balaban J connectivity index is 2.17. The first kappa shape index (κ1) is 14.2. The van der Waals surface area contributed by atoms with Gasteiger partial charge in [0.05, 0.1) is 17.1 Å². The van der Waals surface area contributed by atoms with Gasteiger partial charge >= 0.3 is 0 Å². The fourth-order valence-corrected chi connectivity index (χ4v) is 3.27. The molecule has 0 saturated carbocycles. The molecule has 1 aromatic heterocycles. The third-order valence-electron chi connectivity index (χ3n) is 3.69. The Bertz CT molecular complexity index is 824. The van der Waals surface area contributed by atoms with Crippen molar-refractivity contribution < 1.29 is 0 Å². The molecule has 1 atom stereocenters. The van der Waals surface area contributed by atoms with Gasteiger partial charge in [0.25, 0.3) is 0 Å². The number of hydrogen-bond acceptors (Lipinski definition) is 2. The molecule has 0 saturated heterocycles. The van der Waals surface area contributed by atoms with Crippen LogP contribution in [0.1, 0.15) is 24.4 Å². The molecule has 0 fully saturated rings. The number of nitrogens with two attached hydrogens (primary N) is 1. The molecule has 0 aliphatic carbocycles. The predicted molar refractivity (Wildman–Crippen MR) is 89.2 cm³/mol. The van der Waals surface area contributed by atoms with Crippen LogP contribution in [0.5, 0.6) is 0 Å². The summed E-state index contributed by atoms with van der Waals surface area (Å²) in [6, 6.07) is 11.4. The second-order valence-electron chi connectivity index (χ2n) is 5.12. The summed E-state index contributed by atoms with van der Waals surface area (Å²) < 4.78 is 2.16. The maximum Gasteiger partial charge on any atom is 0.107 e. The zero-order valence-corrected chi connectivity index (χ0v) is 13.3. The van der Waals surface area contributed by atoms with Crippen molar-refractivity contribution in [3.8, 4) is 0 Å². The van der Waals surface area contributed by atoms with E-state index in [0.717, 1.165) is 22.4 Å². The summed E-state index contributed by atoms with van der Waals surface area (Å²) in [6.07, 6.45) is 0. The molecule has 1 heterocycles. The van der Waals surface area contributed by atoms with Gasteiger partial charge in [-0.3, -0.25) is 0 Å². The van der Waals surface area contributed by atoms with E-state index >= 15 is 0 Å². The van der Waals surface area contributed by atoms with Gasteiger partial charge in [0.15, 0.2) is 0 Å². The topological polar surface area (TPSA) is 43.8 Å². The predicted octanol–water partition coefficient (Wildman–Crippen LogP) is 4.84. The lowest BCUT2D eigenvalue weighted by atomic mass is 10.1. The van der Waals surface area contributed by atoms with Crippen LogP contribution in [0, 0.1) is 6.92 Å². The van der Waals surface area contributed by atoms with Crippen molar-refractivity contribution in [3.05, 3.63) is 57.8 Å². The Morgan fingerprint density at radius 1 is 1.14 bits per heavy atom. The van der Waals surface area contributed by atoms with Gasteiger partial charge in [0.2, 0.25) is 0 Å². The Labute approximate surface area is 133 Å². The molecule has 0 radical (unpaired) electrons. The fraction of sp³-hybridized carbons (Fsp3) is 0.188. The number of aryl methyl sites for hydroxylation is 1. The van der Waals surface area contributed by atoms with Crippen molar-refractivity contribution >= 4 is 39.9 Å². The zero-order valence-electron chi connectivity index (χ0n) is 11.8. The first-order valence-corrected chi connectivity index (χ1v) is 7.42. The quantitative estimate of drug-likeness (QED) is 0.686. The molecule has 2 aromatic carbocycles. The summed E-state index contributed by atoms with van der Waals surface area (Å²) in [5, 5.41) is 1.29. The van der Waals surface area contributed by atoms with Crippen molar-refractivity contribution in [1.82, 2.24) is 9.55 Å². The van der Waals surface area contributed by atoms with Gasteiger partial charge in [0, 0.05) is 15.7 Å². The fourth-order valence-electron chi connectivity index (χ4n) is 2.70. The number of halogens is 2. The van der Waals surface area contributed by atoms with Crippen LogP contribution in [-0.4, -0.2) is 9.55 Å². The average Bonchev–Trinajstić information content (AvgIpc) is 2.73. The van der Waals surface area contributed by atoms with Crippen LogP contribution in [0.2, 0.25) is 10.0 Å². The van der Waals surface area contributed by atoms with E-state index in [-0.39, 0.29) is 6.04 Å². The Morgan fingerprint density at radius 3 is 2.62 bits per heavy atom. The average molecular weight is 320 g/mol. The molecule has 0 amide bonds. The number of nitrogens with zero attached hydrogens (tertiary/aromatic N) is 2. The molecule has 3 rings (SSSR count). The molecular formula is C16H15Cl2N3. The summed E-state index contributed by atoms with van der Waals surface area (Å²) in [5.74, 6) is 0.925. The number of fused-ring (bicyclic) bond motifs is 1. The van der Waals surface area contributed by atoms with Crippen LogP contribution >= 0.6 is 23.2 Å². The number of hydrogen-bond donors (Lipinski definition) is 1. The van der Waals surface area contributed by atoms with E-state index in [4.69, 9.17) is 28.9 Å². The third-order valence-corrected chi connectivity index (χ3v) is 4.25. The van der Waals surface area contributed by atoms with Gasteiger partial charge in [-0.2, -0.15) is 0 Å². The minimum absolute atomic E-state index is 0.0587. The minimum atomic E-state index is 0.0587. The summed E-state index contributed by atoms with van der Waals surface area (Å²) in [5.41, 5.74) is 9.49. The van der Waals surface area contributed by atoms with Crippen molar-refractivity contribution in [1.29, 1.82) is 0 Å². The Kier molecular flexibility index (Phi) is 3.56. The number of imidazole rings is 1. The highest BCUT2D eigenvalue weighted by Crippen LogP contribution is 2.32. The normalized spacial score (nSPS) is 12.8. The molecule has 3 nitrogen and oxygen atoms in total. The molecule has 1 unspecified atom stereocenters. The highest BCUT2D eigenvalue weighted by molar-refractivity contribution is 6.35. The van der Waals surface area contributed by atoms with Crippen LogP contribution in [0.15, 0.2) is 36.4 Å². The molecule has 0 spiro atoms. The van der Waals surface area contributed by atoms with Gasteiger partial charge in [-0.25, -0.2) is 4.98 Å². The van der Waals surface area contributed by atoms with E-state index in [9.17, 15) is 0 Å². The maximum absolute atomic E-state index is 6.33. The molecular weight excluding hydrogens is 305 g/mol. The lowest BCUT2D eigenvalue weighted by Gasteiger charge is -2.18. The lowest BCUT2D eigenvalue weighted by Crippen LogP contribution is -2.09. The summed E-state index contributed by atoms with van der Waals surface area (Å²) in [7, 11) is 0. The van der Waals surface area contributed by atoms with E-state index in [2.05, 4.69) is 16.5 Å². The number of nitrogen functional groups attached to an aromatic ring is 1. The van der Waals surface area contributed by atoms with Gasteiger partial charge < -0.3 is 10.3 Å². The number of rotatable bonds is 2. The van der Waals surface area contributed by atoms with Gasteiger partial charge in [-0.05, 0) is 49.7 Å². The van der Waals surface area contributed by atoms with E-state index in [1.54, 1.807) is 6.07 Å². The van der Waals surface area contributed by atoms with E-state index in [1.165, 1.54) is 0 Å². The van der Waals surface area contributed by atoms with Gasteiger partial charge in [-0.15, -0.1) is 0 Å². The molecule has 0 aliphatic rings.